The van der Waals surface area contributed by atoms with E-state index in [1.165, 1.54) is 23.1 Å². The number of thioether (sulfide) groups is 1. The maximum absolute atomic E-state index is 8.90. The number of hydrogen-bond acceptors (Lipinski definition) is 4. The van der Waals surface area contributed by atoms with Gasteiger partial charge in [0.05, 0.1) is 32.2 Å². The Morgan fingerprint density at radius 2 is 2.24 bits per heavy atom. The van der Waals surface area contributed by atoms with Gasteiger partial charge in [0.15, 0.2) is 0 Å². The van der Waals surface area contributed by atoms with Gasteiger partial charge >= 0.3 is 0 Å². The molecule has 1 aliphatic rings. The van der Waals surface area contributed by atoms with Crippen LogP contribution in [0.3, 0.4) is 0 Å². The van der Waals surface area contributed by atoms with Crippen LogP contribution in [0.5, 0.6) is 5.75 Å². The molecule has 2 rings (SSSR count). The lowest BCUT2D eigenvalue weighted by Gasteiger charge is -2.22. The zero-order valence-corrected chi connectivity index (χ0v) is 13.9. The van der Waals surface area contributed by atoms with Crippen LogP contribution in [0.2, 0.25) is 0 Å². The summed E-state index contributed by atoms with van der Waals surface area (Å²) in [5.74, 6) is 2.20. The van der Waals surface area contributed by atoms with E-state index < -0.39 is 0 Å². The Morgan fingerprint density at radius 3 is 2.95 bits per heavy atom. The van der Waals surface area contributed by atoms with Crippen molar-refractivity contribution in [3.8, 4) is 5.75 Å². The van der Waals surface area contributed by atoms with Gasteiger partial charge in [0.1, 0.15) is 5.75 Å². The fourth-order valence-electron chi connectivity index (χ4n) is 2.92. The Bertz CT molecular complexity index is 448. The number of rotatable bonds is 7. The molecule has 0 saturated heterocycles. The van der Waals surface area contributed by atoms with Crippen molar-refractivity contribution in [2.24, 2.45) is 0 Å². The quantitative estimate of drug-likeness (QED) is 0.784. The second kappa shape index (κ2) is 8.66. The molecule has 0 fully saturated rings. The molecule has 1 atom stereocenters. The van der Waals surface area contributed by atoms with Crippen LogP contribution in [0.15, 0.2) is 12.1 Å². The molecule has 4 heteroatoms. The van der Waals surface area contributed by atoms with Gasteiger partial charge in [0, 0.05) is 5.56 Å². The first kappa shape index (κ1) is 16.7. The van der Waals surface area contributed by atoms with Crippen LogP contribution in [0.4, 0.5) is 0 Å². The molecule has 0 spiro atoms. The van der Waals surface area contributed by atoms with E-state index in [4.69, 9.17) is 14.6 Å². The highest BCUT2D eigenvalue weighted by molar-refractivity contribution is 7.99. The number of aliphatic hydroxyl groups is 1. The van der Waals surface area contributed by atoms with Gasteiger partial charge < -0.3 is 14.6 Å². The topological polar surface area (TPSA) is 38.7 Å². The van der Waals surface area contributed by atoms with Crippen molar-refractivity contribution in [2.45, 2.75) is 37.9 Å². The molecular formula is C17H26O3S. The van der Waals surface area contributed by atoms with E-state index in [1.54, 1.807) is 7.11 Å². The first-order valence-corrected chi connectivity index (χ1v) is 8.85. The standard InChI is InChI=1S/C17H26O3S/c1-3-5-14-8-7-13-6-4-11-21-15(12-20-10-9-18)16(13)17(14)19-2/h7-8,15,18H,3-6,9-12H2,1-2H3. The lowest BCUT2D eigenvalue weighted by atomic mass is 9.95. The summed E-state index contributed by atoms with van der Waals surface area (Å²) in [4.78, 5) is 0. The van der Waals surface area contributed by atoms with E-state index in [-0.39, 0.29) is 6.61 Å². The lowest BCUT2D eigenvalue weighted by molar-refractivity contribution is 0.0929. The van der Waals surface area contributed by atoms with Gasteiger partial charge in [-0.3, -0.25) is 0 Å². The van der Waals surface area contributed by atoms with Gasteiger partial charge in [-0.05, 0) is 36.1 Å². The van der Waals surface area contributed by atoms with E-state index in [0.717, 1.165) is 30.8 Å². The zero-order valence-electron chi connectivity index (χ0n) is 13.1. The summed E-state index contributed by atoms with van der Waals surface area (Å²) in [6.45, 7) is 3.33. The predicted molar refractivity (Wildman–Crippen MR) is 88.4 cm³/mol. The van der Waals surface area contributed by atoms with Crippen LogP contribution in [-0.4, -0.2) is 37.8 Å². The summed E-state index contributed by atoms with van der Waals surface area (Å²) >= 11 is 1.95. The number of hydrogen-bond donors (Lipinski definition) is 1. The van der Waals surface area contributed by atoms with Crippen molar-refractivity contribution < 1.29 is 14.6 Å². The Hall–Kier alpha value is -0.710. The number of ether oxygens (including phenoxy) is 2. The SMILES string of the molecule is CCCc1ccc2c(c1OC)C(COCCO)SCCC2. The third-order valence-electron chi connectivity index (χ3n) is 3.83. The molecule has 0 radical (unpaired) electrons. The fourth-order valence-corrected chi connectivity index (χ4v) is 4.13. The van der Waals surface area contributed by atoms with E-state index in [1.807, 2.05) is 11.8 Å². The first-order valence-electron chi connectivity index (χ1n) is 7.80. The second-order valence-electron chi connectivity index (χ2n) is 5.34. The monoisotopic (exact) mass is 310 g/mol. The van der Waals surface area contributed by atoms with Crippen LogP contribution in [0.1, 0.15) is 41.7 Å². The van der Waals surface area contributed by atoms with Gasteiger partial charge in [-0.2, -0.15) is 11.8 Å². The normalized spacial score (nSPS) is 18.1. The molecule has 21 heavy (non-hydrogen) atoms. The van der Waals surface area contributed by atoms with Crippen molar-refractivity contribution >= 4 is 11.8 Å². The minimum absolute atomic E-state index is 0.0806. The molecule has 118 valence electrons. The summed E-state index contributed by atoms with van der Waals surface area (Å²) in [6.07, 6.45) is 4.48. The Morgan fingerprint density at radius 1 is 1.38 bits per heavy atom. The molecule has 0 amide bonds. The largest absolute Gasteiger partial charge is 0.496 e. The van der Waals surface area contributed by atoms with E-state index in [9.17, 15) is 0 Å². The van der Waals surface area contributed by atoms with Crippen LogP contribution < -0.4 is 4.74 Å². The van der Waals surface area contributed by atoms with Crippen LogP contribution in [0.25, 0.3) is 0 Å². The average molecular weight is 310 g/mol. The number of aryl methyl sites for hydroxylation is 2. The van der Waals surface area contributed by atoms with Crippen molar-refractivity contribution in [3.05, 3.63) is 28.8 Å². The molecule has 1 aromatic rings. The number of methoxy groups -OCH3 is 1. The molecule has 0 saturated carbocycles. The minimum Gasteiger partial charge on any atom is -0.496 e. The summed E-state index contributed by atoms with van der Waals surface area (Å²) < 4.78 is 11.4. The summed E-state index contributed by atoms with van der Waals surface area (Å²) in [7, 11) is 1.77. The maximum atomic E-state index is 8.90. The third kappa shape index (κ3) is 4.15. The maximum Gasteiger partial charge on any atom is 0.126 e. The molecule has 0 bridgehead atoms. The van der Waals surface area contributed by atoms with Gasteiger partial charge in [0.2, 0.25) is 0 Å². The average Bonchev–Trinajstić information content (AvgIpc) is 2.70. The van der Waals surface area contributed by atoms with E-state index in [2.05, 4.69) is 19.1 Å². The van der Waals surface area contributed by atoms with Crippen molar-refractivity contribution in [2.75, 3.05) is 32.7 Å². The zero-order chi connectivity index (χ0) is 15.1. The fraction of sp³-hybridized carbons (Fsp3) is 0.647. The Kier molecular flexibility index (Phi) is 6.87. The van der Waals surface area contributed by atoms with Crippen molar-refractivity contribution in [3.63, 3.8) is 0 Å². The smallest absolute Gasteiger partial charge is 0.126 e. The van der Waals surface area contributed by atoms with Gasteiger partial charge in [-0.25, -0.2) is 0 Å². The van der Waals surface area contributed by atoms with Crippen LogP contribution in [-0.2, 0) is 17.6 Å². The van der Waals surface area contributed by atoms with E-state index in [0.29, 0.717) is 18.5 Å². The molecule has 3 nitrogen and oxygen atoms in total. The Balaban J connectivity index is 2.33. The molecule has 1 aromatic carbocycles. The molecular weight excluding hydrogens is 284 g/mol. The molecule has 1 N–H and O–H groups in total. The number of fused-ring (bicyclic) bond motifs is 1. The van der Waals surface area contributed by atoms with Crippen LogP contribution in [0, 0.1) is 0 Å². The highest BCUT2D eigenvalue weighted by atomic mass is 32.2. The summed E-state index contributed by atoms with van der Waals surface area (Å²) in [6, 6.07) is 4.50. The summed E-state index contributed by atoms with van der Waals surface area (Å²) in [5.41, 5.74) is 4.02. The lowest BCUT2D eigenvalue weighted by Crippen LogP contribution is -2.11. The molecule has 1 aliphatic heterocycles. The number of aliphatic hydroxyl groups excluding tert-OH is 1. The highest BCUT2D eigenvalue weighted by Crippen LogP contribution is 2.43. The van der Waals surface area contributed by atoms with Gasteiger partial charge in [0.25, 0.3) is 0 Å². The summed E-state index contributed by atoms with van der Waals surface area (Å²) in [5, 5.41) is 9.21. The molecule has 1 unspecified atom stereocenters. The first-order chi connectivity index (χ1) is 10.3. The van der Waals surface area contributed by atoms with Gasteiger partial charge in [-0.1, -0.05) is 25.5 Å². The van der Waals surface area contributed by atoms with Crippen molar-refractivity contribution in [1.82, 2.24) is 0 Å². The molecule has 1 heterocycles. The van der Waals surface area contributed by atoms with Crippen LogP contribution >= 0.6 is 11.8 Å². The molecule has 0 aromatic heterocycles. The van der Waals surface area contributed by atoms with Crippen molar-refractivity contribution in [1.29, 1.82) is 0 Å². The second-order valence-corrected chi connectivity index (χ2v) is 6.65. The number of benzene rings is 1. The minimum atomic E-state index is 0.0806. The predicted octanol–water partition coefficient (Wildman–Crippen LogP) is 3.38. The molecule has 0 aliphatic carbocycles. The van der Waals surface area contributed by atoms with E-state index >= 15 is 0 Å². The van der Waals surface area contributed by atoms with Gasteiger partial charge in [-0.15, -0.1) is 0 Å². The third-order valence-corrected chi connectivity index (χ3v) is 5.13. The highest BCUT2D eigenvalue weighted by Gasteiger charge is 2.25. The Labute approximate surface area is 132 Å².